The molecule has 6 aliphatic carbocycles. The molecule has 1 spiro atoms. The van der Waals surface area contributed by atoms with E-state index < -0.39 is 0 Å². The van der Waals surface area contributed by atoms with Gasteiger partial charge in [0.15, 0.2) is 0 Å². The summed E-state index contributed by atoms with van der Waals surface area (Å²) in [6.07, 6.45) is 6.99. The van der Waals surface area contributed by atoms with E-state index >= 15 is 0 Å². The van der Waals surface area contributed by atoms with E-state index in [1.54, 1.807) is 11.1 Å². The predicted octanol–water partition coefficient (Wildman–Crippen LogP) is 13.1. The molecule has 2 heteroatoms. The molecule has 0 unspecified atom stereocenters. The van der Waals surface area contributed by atoms with Crippen LogP contribution in [0, 0.1) is 23.7 Å². The number of hydrogen-bond acceptors (Lipinski definition) is 2. The van der Waals surface area contributed by atoms with Crippen LogP contribution in [0.2, 0.25) is 0 Å². The van der Waals surface area contributed by atoms with Gasteiger partial charge in [-0.3, -0.25) is 0 Å². The first-order valence-electron chi connectivity index (χ1n) is 19.2. The van der Waals surface area contributed by atoms with Crippen LogP contribution < -0.4 is 4.90 Å². The SMILES string of the molecule is CC1(C)c2ccccc2-c2c(N(c3cccc4c3-c3ccccc3C43C4CC5CC(C4)CC3C5)c3cccc4oc5ccccc5c34)cccc21. The molecule has 13 rings (SSSR count). The average molecular weight is 660 g/mol. The minimum atomic E-state index is -0.0996. The number of fused-ring (bicyclic) bond motifs is 9. The maximum Gasteiger partial charge on any atom is 0.137 e. The van der Waals surface area contributed by atoms with Crippen molar-refractivity contribution < 1.29 is 4.42 Å². The first-order valence-corrected chi connectivity index (χ1v) is 19.2. The number of hydrogen-bond donors (Lipinski definition) is 0. The van der Waals surface area contributed by atoms with Gasteiger partial charge in [-0.1, -0.05) is 111 Å². The van der Waals surface area contributed by atoms with Crippen molar-refractivity contribution >= 4 is 39.0 Å². The fourth-order valence-corrected chi connectivity index (χ4v) is 12.6. The molecule has 1 aromatic heterocycles. The zero-order valence-electron chi connectivity index (χ0n) is 29.3. The van der Waals surface area contributed by atoms with Gasteiger partial charge in [0.05, 0.1) is 22.4 Å². The number of benzene rings is 6. The van der Waals surface area contributed by atoms with Crippen molar-refractivity contribution in [2.45, 2.75) is 56.8 Å². The minimum absolute atomic E-state index is 0.0996. The van der Waals surface area contributed by atoms with Crippen molar-refractivity contribution in [2.24, 2.45) is 23.7 Å². The molecule has 4 bridgehead atoms. The van der Waals surface area contributed by atoms with Gasteiger partial charge in [-0.2, -0.15) is 0 Å². The molecule has 0 aliphatic heterocycles. The van der Waals surface area contributed by atoms with Gasteiger partial charge in [-0.25, -0.2) is 0 Å². The second kappa shape index (κ2) is 9.82. The third kappa shape index (κ3) is 3.49. The van der Waals surface area contributed by atoms with Crippen LogP contribution in [0.1, 0.15) is 68.2 Å². The zero-order valence-corrected chi connectivity index (χ0v) is 29.3. The fraction of sp³-hybridized carbons (Fsp3) is 0.265. The first-order chi connectivity index (χ1) is 25.0. The lowest BCUT2D eigenvalue weighted by Crippen LogP contribution is -2.55. The summed E-state index contributed by atoms with van der Waals surface area (Å²) < 4.78 is 6.57. The molecular weight excluding hydrogens is 619 g/mol. The van der Waals surface area contributed by atoms with Crippen LogP contribution in [-0.4, -0.2) is 0 Å². The van der Waals surface area contributed by atoms with Crippen LogP contribution >= 0.6 is 0 Å². The molecule has 0 saturated heterocycles. The standard InChI is InChI=1S/C49H41NO/c1-48(2)36-15-6-3-12-33(36)45-38(48)17-9-19-40(45)50(42-21-11-23-44-47(42)35-14-5-8-22-43(35)51-44)41-20-10-18-39-46(41)34-13-4-7-16-37(34)49(39)31-25-29-24-30(27-31)28-32(49)26-29/h3-23,29-32H,24-28H2,1-2H3. The number of furan rings is 1. The summed E-state index contributed by atoms with van der Waals surface area (Å²) in [5, 5.41) is 2.33. The largest absolute Gasteiger partial charge is 0.456 e. The van der Waals surface area contributed by atoms with Gasteiger partial charge >= 0.3 is 0 Å². The van der Waals surface area contributed by atoms with E-state index in [1.165, 1.54) is 87.9 Å². The van der Waals surface area contributed by atoms with E-state index in [-0.39, 0.29) is 10.8 Å². The zero-order chi connectivity index (χ0) is 33.6. The van der Waals surface area contributed by atoms with Crippen molar-refractivity contribution in [3.8, 4) is 22.3 Å². The average Bonchev–Trinajstić information content (AvgIpc) is 3.76. The molecule has 0 amide bonds. The summed E-state index contributed by atoms with van der Waals surface area (Å²) in [6.45, 7) is 4.78. The van der Waals surface area contributed by atoms with Crippen LogP contribution in [0.25, 0.3) is 44.2 Å². The van der Waals surface area contributed by atoms with Gasteiger partial charge in [0.2, 0.25) is 0 Å². The molecule has 0 radical (unpaired) electrons. The monoisotopic (exact) mass is 659 g/mol. The van der Waals surface area contributed by atoms with Crippen molar-refractivity contribution in [1.82, 2.24) is 0 Å². The molecule has 6 aliphatic rings. The van der Waals surface area contributed by atoms with Crippen LogP contribution in [-0.2, 0) is 10.8 Å². The Labute approximate surface area is 299 Å². The molecule has 4 saturated carbocycles. The summed E-state index contributed by atoms with van der Waals surface area (Å²) in [4.78, 5) is 2.63. The van der Waals surface area contributed by atoms with Crippen molar-refractivity contribution in [2.75, 3.05) is 4.90 Å². The summed E-state index contributed by atoms with van der Waals surface area (Å²) >= 11 is 0. The van der Waals surface area contributed by atoms with Crippen LogP contribution in [0.15, 0.2) is 132 Å². The van der Waals surface area contributed by atoms with E-state index in [1.807, 2.05) is 0 Å². The third-order valence-corrected chi connectivity index (χ3v) is 14.2. The van der Waals surface area contributed by atoms with E-state index in [0.717, 1.165) is 40.2 Å². The maximum atomic E-state index is 6.57. The van der Waals surface area contributed by atoms with Crippen molar-refractivity contribution in [3.05, 3.63) is 150 Å². The highest BCUT2D eigenvalue weighted by atomic mass is 16.3. The number of para-hydroxylation sites is 1. The Morgan fingerprint density at radius 2 is 1.02 bits per heavy atom. The maximum absolute atomic E-state index is 6.57. The second-order valence-electron chi connectivity index (χ2n) is 16.9. The Morgan fingerprint density at radius 1 is 0.490 bits per heavy atom. The van der Waals surface area contributed by atoms with Crippen molar-refractivity contribution in [3.63, 3.8) is 0 Å². The second-order valence-corrected chi connectivity index (χ2v) is 16.9. The summed E-state index contributed by atoms with van der Waals surface area (Å²) in [5.41, 5.74) is 17.1. The van der Waals surface area contributed by atoms with Gasteiger partial charge in [0, 0.05) is 27.3 Å². The first kappa shape index (κ1) is 28.6. The highest BCUT2D eigenvalue weighted by molar-refractivity contribution is 6.15. The van der Waals surface area contributed by atoms with E-state index in [2.05, 4.69) is 146 Å². The van der Waals surface area contributed by atoms with E-state index in [4.69, 9.17) is 4.42 Å². The Hall–Kier alpha value is -5.08. The summed E-state index contributed by atoms with van der Waals surface area (Å²) in [7, 11) is 0. The lowest BCUT2D eigenvalue weighted by atomic mass is 9.43. The Bertz CT molecular complexity index is 2570. The number of nitrogens with zero attached hydrogens (tertiary/aromatic N) is 1. The van der Waals surface area contributed by atoms with Crippen molar-refractivity contribution in [1.29, 1.82) is 0 Å². The molecule has 0 atom stereocenters. The highest BCUT2D eigenvalue weighted by Gasteiger charge is 2.62. The Kier molecular flexibility index (Phi) is 5.51. The van der Waals surface area contributed by atoms with Gasteiger partial charge in [0.1, 0.15) is 11.2 Å². The van der Waals surface area contributed by atoms with Crippen LogP contribution in [0.5, 0.6) is 0 Å². The minimum Gasteiger partial charge on any atom is -0.456 e. The molecule has 51 heavy (non-hydrogen) atoms. The molecule has 7 aromatic rings. The summed E-state index contributed by atoms with van der Waals surface area (Å²) in [5.74, 6) is 3.26. The molecule has 2 nitrogen and oxygen atoms in total. The number of rotatable bonds is 3. The fourth-order valence-electron chi connectivity index (χ4n) is 12.6. The van der Waals surface area contributed by atoms with Crippen LogP contribution in [0.3, 0.4) is 0 Å². The Morgan fingerprint density at radius 3 is 1.76 bits per heavy atom. The number of anilines is 3. The van der Waals surface area contributed by atoms with Crippen LogP contribution in [0.4, 0.5) is 17.1 Å². The quantitative estimate of drug-likeness (QED) is 0.188. The normalized spacial score (nSPS) is 25.7. The van der Waals surface area contributed by atoms with E-state index in [9.17, 15) is 0 Å². The smallest absolute Gasteiger partial charge is 0.137 e. The molecule has 1 heterocycles. The van der Waals surface area contributed by atoms with Gasteiger partial charge < -0.3 is 9.32 Å². The van der Waals surface area contributed by atoms with Gasteiger partial charge in [-0.15, -0.1) is 0 Å². The molecular formula is C49H41NO. The molecule has 0 N–H and O–H groups in total. The lowest BCUT2D eigenvalue weighted by Gasteiger charge is -2.61. The van der Waals surface area contributed by atoms with E-state index in [0.29, 0.717) is 0 Å². The molecule has 6 aromatic carbocycles. The Balaban J connectivity index is 1.20. The summed E-state index contributed by atoms with van der Waals surface area (Å²) in [6, 6.07) is 48.2. The molecule has 248 valence electrons. The third-order valence-electron chi connectivity index (χ3n) is 14.2. The topological polar surface area (TPSA) is 16.4 Å². The predicted molar refractivity (Wildman–Crippen MR) is 209 cm³/mol. The lowest BCUT2D eigenvalue weighted by molar-refractivity contribution is -0.0399. The van der Waals surface area contributed by atoms with Gasteiger partial charge in [0.25, 0.3) is 0 Å². The highest BCUT2D eigenvalue weighted by Crippen LogP contribution is 2.70. The van der Waals surface area contributed by atoms with Gasteiger partial charge in [-0.05, 0) is 119 Å². The molecule has 4 fully saturated rings.